The summed E-state index contributed by atoms with van der Waals surface area (Å²) in [6, 6.07) is 17.6. The van der Waals surface area contributed by atoms with Crippen LogP contribution in [0.3, 0.4) is 0 Å². The summed E-state index contributed by atoms with van der Waals surface area (Å²) in [7, 11) is -0.784. The average molecular weight is 535 g/mol. The van der Waals surface area contributed by atoms with E-state index in [-0.39, 0.29) is 24.2 Å². The number of benzene rings is 2. The van der Waals surface area contributed by atoms with Crippen LogP contribution in [0.4, 0.5) is 9.18 Å². The highest BCUT2D eigenvalue weighted by Crippen LogP contribution is 2.44. The monoisotopic (exact) mass is 534 g/mol. The lowest BCUT2D eigenvalue weighted by atomic mass is 9.77. The van der Waals surface area contributed by atoms with Gasteiger partial charge in [0, 0.05) is 18.0 Å². The van der Waals surface area contributed by atoms with Crippen LogP contribution in [-0.2, 0) is 14.0 Å². The second-order valence-corrected chi connectivity index (χ2v) is 10.9. The molecule has 0 spiro atoms. The number of halogens is 2. The molecule has 1 amide bonds. The molecule has 2 aromatic carbocycles. The van der Waals surface area contributed by atoms with Crippen LogP contribution in [0.2, 0.25) is 5.15 Å². The molecule has 38 heavy (non-hydrogen) atoms. The van der Waals surface area contributed by atoms with Crippen LogP contribution in [0.25, 0.3) is 17.2 Å². The molecular weight excluding hydrogens is 506 g/mol. The Hall–Kier alpha value is -3.20. The number of ether oxygens (including phenoxy) is 1. The molecule has 196 valence electrons. The molecule has 2 heterocycles. The number of aromatic nitrogens is 1. The third-order valence-corrected chi connectivity index (χ3v) is 7.83. The predicted molar refractivity (Wildman–Crippen MR) is 146 cm³/mol. The number of carbonyl (C=O) groups is 1. The maximum absolute atomic E-state index is 13.9. The van der Waals surface area contributed by atoms with Crippen LogP contribution >= 0.6 is 11.6 Å². The van der Waals surface area contributed by atoms with E-state index in [1.807, 2.05) is 52.0 Å². The van der Waals surface area contributed by atoms with Crippen LogP contribution in [0.15, 0.2) is 66.3 Å². The van der Waals surface area contributed by atoms with E-state index in [4.69, 9.17) is 25.6 Å². The number of hydrogen-bond donors (Lipinski definition) is 1. The normalized spacial score (nSPS) is 17.7. The van der Waals surface area contributed by atoms with Crippen molar-refractivity contribution in [2.75, 3.05) is 13.2 Å². The summed E-state index contributed by atoms with van der Waals surface area (Å²) >= 11 is 6.21. The van der Waals surface area contributed by atoms with Crippen LogP contribution in [0.1, 0.15) is 50.3 Å². The summed E-state index contributed by atoms with van der Waals surface area (Å²) in [6.07, 6.45) is 2.09. The Bertz CT molecular complexity index is 1350. The number of pyridine rings is 1. The number of nitrogens with zero attached hydrogens (tertiary/aromatic N) is 1. The van der Waals surface area contributed by atoms with Crippen molar-refractivity contribution in [2.24, 2.45) is 0 Å². The zero-order chi connectivity index (χ0) is 27.1. The summed E-state index contributed by atoms with van der Waals surface area (Å²) in [5, 5.41) is 2.92. The van der Waals surface area contributed by atoms with Gasteiger partial charge in [-0.25, -0.2) is 14.2 Å². The van der Waals surface area contributed by atoms with Gasteiger partial charge in [0.2, 0.25) is 0 Å². The Morgan fingerprint density at radius 1 is 1.08 bits per heavy atom. The van der Waals surface area contributed by atoms with Gasteiger partial charge in [-0.15, -0.1) is 0 Å². The lowest BCUT2D eigenvalue weighted by Gasteiger charge is -2.32. The van der Waals surface area contributed by atoms with Crippen molar-refractivity contribution in [1.82, 2.24) is 10.3 Å². The molecule has 1 saturated heterocycles. The molecule has 2 aliphatic rings. The molecule has 0 radical (unpaired) electrons. The number of nitrogens with one attached hydrogen (secondary N) is 1. The molecule has 1 aromatic heterocycles. The molecule has 9 heteroatoms. The minimum Gasteiger partial charge on any atom is -0.449 e. The van der Waals surface area contributed by atoms with E-state index in [0.29, 0.717) is 11.0 Å². The van der Waals surface area contributed by atoms with Crippen LogP contribution in [0.5, 0.6) is 0 Å². The van der Waals surface area contributed by atoms with Crippen molar-refractivity contribution in [3.05, 3.63) is 93.9 Å². The standard InChI is InChI=1S/C29H29BClFN2O4/c1-28(2)29(3,4)38-30(37-28)19(13-18-14-20(32)16-33-26(18)31)15-34-27(35)36-17-25-23-11-7-5-9-21(23)22-10-6-8-12-24(22)25/h5-14,16,25H,15,17H2,1-4H3,(H,34,35). The van der Waals surface area contributed by atoms with Gasteiger partial charge in [-0.1, -0.05) is 66.2 Å². The molecular formula is C29H29BClFN2O4. The number of hydrogen-bond acceptors (Lipinski definition) is 5. The summed E-state index contributed by atoms with van der Waals surface area (Å²) < 4.78 is 31.9. The number of fused-ring (bicyclic) bond motifs is 3. The third-order valence-electron chi connectivity index (χ3n) is 7.51. The maximum Gasteiger partial charge on any atom is 0.492 e. The summed E-state index contributed by atoms with van der Waals surface area (Å²) in [6.45, 7) is 7.95. The van der Waals surface area contributed by atoms with Crippen LogP contribution in [0, 0.1) is 5.82 Å². The first-order chi connectivity index (χ1) is 18.1. The SMILES string of the molecule is CC1(C)OB(C(=Cc2cc(F)cnc2Cl)CNC(=O)OCC2c3ccccc3-c3ccccc32)OC1(C)C. The van der Waals surface area contributed by atoms with E-state index in [9.17, 15) is 9.18 Å². The first-order valence-electron chi connectivity index (χ1n) is 12.5. The summed E-state index contributed by atoms with van der Waals surface area (Å²) in [5.41, 5.74) is 4.26. The number of rotatable bonds is 6. The number of carbonyl (C=O) groups excluding carboxylic acids is 1. The minimum atomic E-state index is -0.784. The molecule has 1 fully saturated rings. The number of alkyl carbamates (subject to hydrolysis) is 1. The maximum atomic E-state index is 13.9. The van der Waals surface area contributed by atoms with E-state index < -0.39 is 30.2 Å². The minimum absolute atomic E-state index is 0.0420. The van der Waals surface area contributed by atoms with Crippen molar-refractivity contribution < 1.29 is 23.2 Å². The average Bonchev–Trinajstić information content (AvgIpc) is 3.31. The van der Waals surface area contributed by atoms with E-state index in [1.165, 1.54) is 6.07 Å². The fourth-order valence-electron chi connectivity index (χ4n) is 4.76. The molecule has 1 aliphatic heterocycles. The zero-order valence-corrected chi connectivity index (χ0v) is 22.5. The van der Waals surface area contributed by atoms with Gasteiger partial charge in [0.25, 0.3) is 0 Å². The van der Waals surface area contributed by atoms with Crippen molar-refractivity contribution in [3.8, 4) is 11.1 Å². The second-order valence-electron chi connectivity index (χ2n) is 10.5. The van der Waals surface area contributed by atoms with E-state index >= 15 is 0 Å². The molecule has 0 unspecified atom stereocenters. The molecule has 6 nitrogen and oxygen atoms in total. The van der Waals surface area contributed by atoms with Gasteiger partial charge in [0.05, 0.1) is 17.4 Å². The molecule has 1 aliphatic carbocycles. The first-order valence-corrected chi connectivity index (χ1v) is 12.9. The Balaban J connectivity index is 1.31. The summed E-state index contributed by atoms with van der Waals surface area (Å²) in [5.74, 6) is -0.582. The lowest BCUT2D eigenvalue weighted by Crippen LogP contribution is -2.41. The highest BCUT2D eigenvalue weighted by molar-refractivity contribution is 6.56. The van der Waals surface area contributed by atoms with Crippen LogP contribution in [-0.4, -0.2) is 42.5 Å². The van der Waals surface area contributed by atoms with Gasteiger partial charge < -0.3 is 19.4 Å². The van der Waals surface area contributed by atoms with E-state index in [1.54, 1.807) is 6.08 Å². The summed E-state index contributed by atoms with van der Waals surface area (Å²) in [4.78, 5) is 16.7. The molecule has 5 rings (SSSR count). The van der Waals surface area contributed by atoms with E-state index in [2.05, 4.69) is 34.6 Å². The van der Waals surface area contributed by atoms with Crippen LogP contribution < -0.4 is 5.32 Å². The Morgan fingerprint density at radius 2 is 1.66 bits per heavy atom. The van der Waals surface area contributed by atoms with Gasteiger partial charge in [-0.3, -0.25) is 0 Å². The van der Waals surface area contributed by atoms with Crippen molar-refractivity contribution >= 4 is 30.9 Å². The van der Waals surface area contributed by atoms with Gasteiger partial charge in [-0.2, -0.15) is 0 Å². The van der Waals surface area contributed by atoms with E-state index in [0.717, 1.165) is 28.5 Å². The molecule has 1 N–H and O–H groups in total. The smallest absolute Gasteiger partial charge is 0.449 e. The largest absolute Gasteiger partial charge is 0.492 e. The molecule has 0 atom stereocenters. The third kappa shape index (κ3) is 5.08. The van der Waals surface area contributed by atoms with Gasteiger partial charge >= 0.3 is 13.2 Å². The van der Waals surface area contributed by atoms with Gasteiger partial charge in [0.1, 0.15) is 17.6 Å². The second kappa shape index (κ2) is 10.2. The van der Waals surface area contributed by atoms with Crippen molar-refractivity contribution in [1.29, 1.82) is 0 Å². The van der Waals surface area contributed by atoms with Crippen molar-refractivity contribution in [2.45, 2.75) is 44.8 Å². The predicted octanol–water partition coefficient (Wildman–Crippen LogP) is 6.43. The Morgan fingerprint density at radius 3 is 2.26 bits per heavy atom. The highest BCUT2D eigenvalue weighted by Gasteiger charge is 2.52. The molecule has 0 bridgehead atoms. The quantitative estimate of drug-likeness (QED) is 0.292. The fourth-order valence-corrected chi connectivity index (χ4v) is 4.92. The fraction of sp³-hybridized carbons (Fsp3) is 0.310. The molecule has 3 aromatic rings. The zero-order valence-electron chi connectivity index (χ0n) is 21.8. The lowest BCUT2D eigenvalue weighted by molar-refractivity contribution is 0.00578. The Labute approximate surface area is 227 Å². The first kappa shape index (κ1) is 26.4. The highest BCUT2D eigenvalue weighted by atomic mass is 35.5. The van der Waals surface area contributed by atoms with Crippen molar-refractivity contribution in [3.63, 3.8) is 0 Å². The molecule has 0 saturated carbocycles. The van der Waals surface area contributed by atoms with Gasteiger partial charge in [0.15, 0.2) is 0 Å². The Kier molecular flexibility index (Phi) is 7.07. The topological polar surface area (TPSA) is 69.7 Å². The van der Waals surface area contributed by atoms with Gasteiger partial charge in [-0.05, 0) is 61.5 Å². The number of amides is 1.